The van der Waals surface area contributed by atoms with Crippen LogP contribution >= 0.6 is 0 Å². The van der Waals surface area contributed by atoms with Crippen molar-refractivity contribution >= 4 is 11.9 Å². The average molecular weight is 663 g/mol. The van der Waals surface area contributed by atoms with Gasteiger partial charge >= 0.3 is 11.9 Å². The molecule has 0 heterocycles. The summed E-state index contributed by atoms with van der Waals surface area (Å²) in [7, 11) is 6.20. The van der Waals surface area contributed by atoms with Crippen molar-refractivity contribution in [3.8, 4) is 0 Å². The Balaban J connectivity index is 3.89. The van der Waals surface area contributed by atoms with Crippen LogP contribution in [-0.4, -0.2) is 56.8 Å². The Kier molecular flexibility index (Phi) is 33.1. The normalized spacial score (nSPS) is 12.7. The van der Waals surface area contributed by atoms with E-state index in [9.17, 15) is 9.59 Å². The number of hydrogen-bond acceptors (Lipinski definition) is 4. The number of rotatable bonds is 35. The van der Waals surface area contributed by atoms with Crippen LogP contribution in [0.2, 0.25) is 0 Å². The molecule has 0 aromatic rings. The smallest absolute Gasteiger partial charge is 0.306 e. The van der Waals surface area contributed by atoms with Crippen molar-refractivity contribution in [2.24, 2.45) is 0 Å². The Morgan fingerprint density at radius 2 is 0.830 bits per heavy atom. The molecule has 5 nitrogen and oxygen atoms in total. The molecule has 0 bridgehead atoms. The van der Waals surface area contributed by atoms with E-state index in [2.05, 4.69) is 59.3 Å². The highest BCUT2D eigenvalue weighted by Gasteiger charge is 2.23. The van der Waals surface area contributed by atoms with E-state index in [0.717, 1.165) is 38.5 Å². The highest BCUT2D eigenvalue weighted by Crippen LogP contribution is 2.13. The zero-order valence-corrected chi connectivity index (χ0v) is 32.2. The molecule has 276 valence electrons. The summed E-state index contributed by atoms with van der Waals surface area (Å²) in [6, 6.07) is 0. The topological polar surface area (TPSA) is 52.6 Å². The number of esters is 2. The van der Waals surface area contributed by atoms with E-state index in [0.29, 0.717) is 23.9 Å². The van der Waals surface area contributed by atoms with Crippen molar-refractivity contribution in [3.63, 3.8) is 0 Å². The lowest BCUT2D eigenvalue weighted by Crippen LogP contribution is -2.45. The van der Waals surface area contributed by atoms with Crippen molar-refractivity contribution in [2.75, 3.05) is 34.3 Å². The molecule has 0 fully saturated rings. The highest BCUT2D eigenvalue weighted by molar-refractivity contribution is 5.70. The summed E-state index contributed by atoms with van der Waals surface area (Å²) in [6.45, 7) is 5.31. The van der Waals surface area contributed by atoms with Gasteiger partial charge in [0.2, 0.25) is 0 Å². The molecule has 1 unspecified atom stereocenters. The van der Waals surface area contributed by atoms with Gasteiger partial charge in [0.15, 0.2) is 6.10 Å². The quantitative estimate of drug-likeness (QED) is 0.0293. The Labute approximate surface area is 293 Å². The van der Waals surface area contributed by atoms with Crippen LogP contribution in [0.4, 0.5) is 0 Å². The molecule has 0 aliphatic carbocycles. The van der Waals surface area contributed by atoms with Crippen molar-refractivity contribution in [1.82, 2.24) is 0 Å². The second kappa shape index (κ2) is 34.3. The number of unbranched alkanes of at least 4 members (excludes halogenated alkanes) is 22. The third-order valence-corrected chi connectivity index (χ3v) is 8.77. The first kappa shape index (κ1) is 45.4. The van der Waals surface area contributed by atoms with Crippen LogP contribution in [0, 0.1) is 0 Å². The van der Waals surface area contributed by atoms with Gasteiger partial charge in [-0.15, -0.1) is 0 Å². The van der Waals surface area contributed by atoms with Crippen molar-refractivity contribution < 1.29 is 23.5 Å². The molecule has 0 aromatic heterocycles. The maximum atomic E-state index is 12.6. The maximum absolute atomic E-state index is 12.6. The van der Waals surface area contributed by atoms with Gasteiger partial charge in [-0.1, -0.05) is 141 Å². The molecule has 0 rings (SSSR count). The third-order valence-electron chi connectivity index (χ3n) is 8.77. The molecule has 5 heteroatoms. The van der Waals surface area contributed by atoms with Gasteiger partial charge in [0.05, 0.1) is 21.1 Å². The molecule has 47 heavy (non-hydrogen) atoms. The minimum Gasteiger partial charge on any atom is -0.461 e. The lowest BCUT2D eigenvalue weighted by Gasteiger charge is -2.28. The van der Waals surface area contributed by atoms with Crippen LogP contribution in [0.1, 0.15) is 194 Å². The number of quaternary nitrogens is 1. The molecule has 0 aliphatic rings. The average Bonchev–Trinajstić information content (AvgIpc) is 3.03. The standard InChI is InChI=1S/C42H80NO4/c1-6-8-10-12-14-16-18-20-22-24-26-28-30-32-34-36-41(44)46-39-40(38-43(3,4)5)47-42(45)37-35-33-31-29-27-25-23-21-19-17-15-13-11-9-7-2/h20-23,40H,6-19,24-39H2,1-5H3/q+1/b22-20+,23-21+. The van der Waals surface area contributed by atoms with Gasteiger partial charge in [-0.2, -0.15) is 0 Å². The van der Waals surface area contributed by atoms with Gasteiger partial charge in [0.1, 0.15) is 13.2 Å². The molecule has 0 saturated carbocycles. The van der Waals surface area contributed by atoms with Gasteiger partial charge in [0, 0.05) is 12.8 Å². The maximum Gasteiger partial charge on any atom is 0.306 e. The molecule has 0 amide bonds. The fourth-order valence-electron chi connectivity index (χ4n) is 5.92. The van der Waals surface area contributed by atoms with E-state index in [1.807, 2.05) is 0 Å². The lowest BCUT2D eigenvalue weighted by molar-refractivity contribution is -0.873. The summed E-state index contributed by atoms with van der Waals surface area (Å²) in [6.07, 6.45) is 42.1. The summed E-state index contributed by atoms with van der Waals surface area (Å²) in [5, 5.41) is 0. The molecule has 0 radical (unpaired) electrons. The fourth-order valence-corrected chi connectivity index (χ4v) is 5.92. The van der Waals surface area contributed by atoms with Gasteiger partial charge in [-0.3, -0.25) is 9.59 Å². The van der Waals surface area contributed by atoms with Crippen molar-refractivity contribution in [2.45, 2.75) is 200 Å². The fraction of sp³-hybridized carbons (Fsp3) is 0.857. The number of ether oxygens (including phenoxy) is 2. The molecule has 0 spiro atoms. The summed E-state index contributed by atoms with van der Waals surface area (Å²) >= 11 is 0. The highest BCUT2D eigenvalue weighted by atomic mass is 16.6. The van der Waals surface area contributed by atoms with E-state index in [4.69, 9.17) is 9.47 Å². The Morgan fingerprint density at radius 3 is 1.21 bits per heavy atom. The number of carbonyl (C=O) groups is 2. The van der Waals surface area contributed by atoms with Gasteiger partial charge in [-0.25, -0.2) is 0 Å². The predicted octanol–water partition coefficient (Wildman–Crippen LogP) is 12.2. The van der Waals surface area contributed by atoms with Gasteiger partial charge in [0.25, 0.3) is 0 Å². The summed E-state index contributed by atoms with van der Waals surface area (Å²) < 4.78 is 12.0. The number of carbonyl (C=O) groups excluding carboxylic acids is 2. The van der Waals surface area contributed by atoms with E-state index in [1.165, 1.54) is 128 Å². The second-order valence-corrected chi connectivity index (χ2v) is 14.9. The first-order chi connectivity index (χ1) is 22.8. The monoisotopic (exact) mass is 663 g/mol. The number of allylic oxidation sites excluding steroid dienone is 4. The first-order valence-corrected chi connectivity index (χ1v) is 20.2. The SMILES string of the molecule is CCCCCCCC/C=C/CCCCCCCC(=O)OCC(C[N+](C)(C)C)OC(=O)CCCCCCC/C=C/CCCCCCCC. The second-order valence-electron chi connectivity index (χ2n) is 14.9. The number of nitrogens with zero attached hydrogens (tertiary/aromatic N) is 1. The minimum absolute atomic E-state index is 0.150. The van der Waals surface area contributed by atoms with E-state index in [-0.39, 0.29) is 18.5 Å². The summed E-state index contributed by atoms with van der Waals surface area (Å²) in [5.41, 5.74) is 0. The van der Waals surface area contributed by atoms with Crippen LogP contribution in [-0.2, 0) is 19.1 Å². The lowest BCUT2D eigenvalue weighted by atomic mass is 10.1. The minimum atomic E-state index is -0.399. The number of hydrogen-bond donors (Lipinski definition) is 0. The first-order valence-electron chi connectivity index (χ1n) is 20.2. The van der Waals surface area contributed by atoms with Crippen LogP contribution in [0.15, 0.2) is 24.3 Å². The molecule has 1 atom stereocenters. The van der Waals surface area contributed by atoms with Crippen molar-refractivity contribution in [3.05, 3.63) is 24.3 Å². The van der Waals surface area contributed by atoms with Crippen LogP contribution in [0.5, 0.6) is 0 Å². The van der Waals surface area contributed by atoms with Crippen molar-refractivity contribution in [1.29, 1.82) is 0 Å². The van der Waals surface area contributed by atoms with Crippen LogP contribution in [0.25, 0.3) is 0 Å². The Morgan fingerprint density at radius 1 is 0.489 bits per heavy atom. The largest absolute Gasteiger partial charge is 0.461 e. The van der Waals surface area contributed by atoms with E-state index >= 15 is 0 Å². The number of likely N-dealkylation sites (N-methyl/N-ethyl adjacent to an activating group) is 1. The predicted molar refractivity (Wildman–Crippen MR) is 203 cm³/mol. The third kappa shape index (κ3) is 37.1. The zero-order valence-electron chi connectivity index (χ0n) is 32.2. The molecule has 0 aliphatic heterocycles. The molecule has 0 aromatic carbocycles. The Bertz CT molecular complexity index is 754. The van der Waals surface area contributed by atoms with Crippen LogP contribution < -0.4 is 0 Å². The summed E-state index contributed by atoms with van der Waals surface area (Å²) in [5.74, 6) is -0.350. The molecular formula is C42H80NO4+. The van der Waals surface area contributed by atoms with Gasteiger partial charge in [-0.05, 0) is 64.2 Å². The zero-order chi connectivity index (χ0) is 34.7. The Hall–Kier alpha value is -1.62. The van der Waals surface area contributed by atoms with E-state index < -0.39 is 6.10 Å². The molecular weight excluding hydrogens is 582 g/mol. The summed E-state index contributed by atoms with van der Waals surface area (Å²) in [4.78, 5) is 24.9. The van der Waals surface area contributed by atoms with E-state index in [1.54, 1.807) is 0 Å². The molecule has 0 N–H and O–H groups in total. The molecule has 0 saturated heterocycles. The van der Waals surface area contributed by atoms with Gasteiger partial charge < -0.3 is 14.0 Å². The van der Waals surface area contributed by atoms with Crippen LogP contribution in [0.3, 0.4) is 0 Å².